The molecule has 0 bridgehead atoms. The molecule has 0 aliphatic heterocycles. The summed E-state index contributed by atoms with van der Waals surface area (Å²) in [5.74, 6) is -0.403. The summed E-state index contributed by atoms with van der Waals surface area (Å²) in [4.78, 5) is 25.6. The van der Waals surface area contributed by atoms with Gasteiger partial charge >= 0.3 is 5.97 Å². The van der Waals surface area contributed by atoms with Gasteiger partial charge in [0.1, 0.15) is 0 Å². The van der Waals surface area contributed by atoms with E-state index in [9.17, 15) is 9.59 Å². The first-order valence-corrected chi connectivity index (χ1v) is 4.84. The Morgan fingerprint density at radius 2 is 2.06 bits per heavy atom. The van der Waals surface area contributed by atoms with E-state index in [0.717, 1.165) is 11.1 Å². The number of carbonyl (C=O) groups excluding carboxylic acids is 1. The summed E-state index contributed by atoms with van der Waals surface area (Å²) in [6.45, 7) is 1.80. The number of aromatic nitrogens is 1. The van der Waals surface area contributed by atoms with E-state index in [0.29, 0.717) is 10.9 Å². The number of nitrogens with one attached hydrogen (secondary N) is 1. The van der Waals surface area contributed by atoms with E-state index in [1.54, 1.807) is 25.1 Å². The summed E-state index contributed by atoms with van der Waals surface area (Å²) in [6.07, 6.45) is 0. The van der Waals surface area contributed by atoms with Crippen molar-refractivity contribution in [1.29, 1.82) is 0 Å². The zero-order valence-electron chi connectivity index (χ0n) is 9.03. The number of fused-ring (bicyclic) bond motifs is 1. The molecule has 2 aromatic rings. The molecule has 4 heteroatoms. The standard InChI is InChI=1S/C12H11NO3/c1-7-5-9-6-8(12(15)16-2)3-4-10(9)11(14)13-7/h3-6H,1-2H3,(H,13,14). The first-order chi connectivity index (χ1) is 7.61. The molecule has 2 rings (SSSR count). The number of rotatable bonds is 1. The number of hydrogen-bond acceptors (Lipinski definition) is 3. The van der Waals surface area contributed by atoms with Gasteiger partial charge in [-0.25, -0.2) is 4.79 Å². The molecule has 1 N–H and O–H groups in total. The topological polar surface area (TPSA) is 59.2 Å². The van der Waals surface area contributed by atoms with Gasteiger partial charge in [-0.2, -0.15) is 0 Å². The highest BCUT2D eigenvalue weighted by atomic mass is 16.5. The lowest BCUT2D eigenvalue weighted by Gasteiger charge is -2.02. The van der Waals surface area contributed by atoms with Crippen molar-refractivity contribution < 1.29 is 9.53 Å². The van der Waals surface area contributed by atoms with Crippen LogP contribution in [0, 0.1) is 6.92 Å². The summed E-state index contributed by atoms with van der Waals surface area (Å²) in [7, 11) is 1.33. The van der Waals surface area contributed by atoms with Crippen molar-refractivity contribution in [3.63, 3.8) is 0 Å². The second-order valence-corrected chi connectivity index (χ2v) is 3.58. The van der Waals surface area contributed by atoms with Gasteiger partial charge in [-0.3, -0.25) is 4.79 Å². The minimum absolute atomic E-state index is 0.147. The fourth-order valence-corrected chi connectivity index (χ4v) is 1.65. The number of pyridine rings is 1. The number of esters is 1. The van der Waals surface area contributed by atoms with Crippen LogP contribution in [0.1, 0.15) is 16.1 Å². The third-order valence-corrected chi connectivity index (χ3v) is 2.40. The first kappa shape index (κ1) is 10.4. The highest BCUT2D eigenvalue weighted by Gasteiger charge is 2.07. The molecule has 82 valence electrons. The fraction of sp³-hybridized carbons (Fsp3) is 0.167. The van der Waals surface area contributed by atoms with Gasteiger partial charge in [0.05, 0.1) is 12.7 Å². The van der Waals surface area contributed by atoms with Gasteiger partial charge in [0.25, 0.3) is 5.56 Å². The lowest BCUT2D eigenvalue weighted by Crippen LogP contribution is -2.08. The molecule has 0 spiro atoms. The van der Waals surface area contributed by atoms with E-state index in [1.165, 1.54) is 7.11 Å². The van der Waals surface area contributed by atoms with Gasteiger partial charge < -0.3 is 9.72 Å². The van der Waals surface area contributed by atoms with Gasteiger partial charge in [0, 0.05) is 11.1 Å². The molecule has 0 radical (unpaired) electrons. The van der Waals surface area contributed by atoms with Crippen molar-refractivity contribution in [2.75, 3.05) is 7.11 Å². The zero-order chi connectivity index (χ0) is 11.7. The number of methoxy groups -OCH3 is 1. The lowest BCUT2D eigenvalue weighted by molar-refractivity contribution is 0.0601. The second-order valence-electron chi connectivity index (χ2n) is 3.58. The molecule has 1 aromatic carbocycles. The van der Waals surface area contributed by atoms with Crippen molar-refractivity contribution in [2.24, 2.45) is 0 Å². The normalized spacial score (nSPS) is 10.4. The predicted octanol–water partition coefficient (Wildman–Crippen LogP) is 1.62. The maximum Gasteiger partial charge on any atom is 0.337 e. The van der Waals surface area contributed by atoms with E-state index >= 15 is 0 Å². The minimum Gasteiger partial charge on any atom is -0.465 e. The number of benzene rings is 1. The van der Waals surface area contributed by atoms with Crippen LogP contribution in [-0.2, 0) is 4.74 Å². The van der Waals surface area contributed by atoms with Crippen LogP contribution >= 0.6 is 0 Å². The van der Waals surface area contributed by atoms with E-state index in [1.807, 2.05) is 6.07 Å². The Morgan fingerprint density at radius 1 is 1.31 bits per heavy atom. The van der Waals surface area contributed by atoms with Gasteiger partial charge in [-0.1, -0.05) is 0 Å². The van der Waals surface area contributed by atoms with Crippen LogP contribution < -0.4 is 5.56 Å². The monoisotopic (exact) mass is 217 g/mol. The van der Waals surface area contributed by atoms with Gasteiger partial charge in [-0.05, 0) is 36.6 Å². The molecular weight excluding hydrogens is 206 g/mol. The minimum atomic E-state index is -0.403. The molecule has 1 heterocycles. The summed E-state index contributed by atoms with van der Waals surface area (Å²) in [6, 6.07) is 6.69. The summed E-state index contributed by atoms with van der Waals surface area (Å²) in [5, 5.41) is 1.31. The van der Waals surface area contributed by atoms with Crippen molar-refractivity contribution >= 4 is 16.7 Å². The number of aryl methyl sites for hydroxylation is 1. The van der Waals surface area contributed by atoms with E-state index in [4.69, 9.17) is 0 Å². The van der Waals surface area contributed by atoms with Crippen LogP contribution in [0.5, 0.6) is 0 Å². The Labute approximate surface area is 91.9 Å². The average molecular weight is 217 g/mol. The molecule has 0 amide bonds. The smallest absolute Gasteiger partial charge is 0.337 e. The SMILES string of the molecule is COC(=O)c1ccc2c(=O)[nH]c(C)cc2c1. The molecule has 0 unspecified atom stereocenters. The summed E-state index contributed by atoms with van der Waals surface area (Å²) >= 11 is 0. The fourth-order valence-electron chi connectivity index (χ4n) is 1.65. The highest BCUT2D eigenvalue weighted by Crippen LogP contribution is 2.13. The number of ether oxygens (including phenoxy) is 1. The largest absolute Gasteiger partial charge is 0.465 e. The Morgan fingerprint density at radius 3 is 2.75 bits per heavy atom. The van der Waals surface area contributed by atoms with E-state index in [2.05, 4.69) is 9.72 Å². The van der Waals surface area contributed by atoms with Crippen LogP contribution in [-0.4, -0.2) is 18.1 Å². The van der Waals surface area contributed by atoms with Crippen molar-refractivity contribution in [3.8, 4) is 0 Å². The Bertz CT molecular complexity index is 613. The van der Waals surface area contributed by atoms with E-state index < -0.39 is 5.97 Å². The maximum atomic E-state index is 11.6. The quantitative estimate of drug-likeness (QED) is 0.738. The molecular formula is C12H11NO3. The number of hydrogen-bond donors (Lipinski definition) is 1. The molecule has 0 aliphatic carbocycles. The molecule has 0 atom stereocenters. The molecule has 16 heavy (non-hydrogen) atoms. The van der Waals surface area contributed by atoms with Gasteiger partial charge in [-0.15, -0.1) is 0 Å². The average Bonchev–Trinajstić information content (AvgIpc) is 2.27. The van der Waals surface area contributed by atoms with Crippen LogP contribution in [0.4, 0.5) is 0 Å². The molecule has 0 saturated heterocycles. The maximum absolute atomic E-state index is 11.6. The van der Waals surface area contributed by atoms with Crippen molar-refractivity contribution in [2.45, 2.75) is 6.92 Å². The molecule has 4 nitrogen and oxygen atoms in total. The Kier molecular flexibility index (Phi) is 2.48. The zero-order valence-corrected chi connectivity index (χ0v) is 9.03. The van der Waals surface area contributed by atoms with E-state index in [-0.39, 0.29) is 5.56 Å². The number of H-pyrrole nitrogens is 1. The molecule has 0 fully saturated rings. The Balaban J connectivity index is 2.71. The summed E-state index contributed by atoms with van der Waals surface area (Å²) < 4.78 is 4.62. The second kappa shape index (κ2) is 3.81. The first-order valence-electron chi connectivity index (χ1n) is 4.84. The van der Waals surface area contributed by atoms with Crippen LogP contribution in [0.25, 0.3) is 10.8 Å². The van der Waals surface area contributed by atoms with Crippen molar-refractivity contribution in [3.05, 3.63) is 45.9 Å². The van der Waals surface area contributed by atoms with Gasteiger partial charge in [0.15, 0.2) is 0 Å². The predicted molar refractivity (Wildman–Crippen MR) is 60.6 cm³/mol. The van der Waals surface area contributed by atoms with Gasteiger partial charge in [0.2, 0.25) is 0 Å². The highest BCUT2D eigenvalue weighted by molar-refractivity contribution is 5.95. The third kappa shape index (κ3) is 1.69. The van der Waals surface area contributed by atoms with Crippen molar-refractivity contribution in [1.82, 2.24) is 4.98 Å². The van der Waals surface area contributed by atoms with Crippen LogP contribution in [0.2, 0.25) is 0 Å². The summed E-state index contributed by atoms with van der Waals surface area (Å²) in [5.41, 5.74) is 1.06. The molecule has 0 saturated carbocycles. The lowest BCUT2D eigenvalue weighted by atomic mass is 10.1. The Hall–Kier alpha value is -2.10. The molecule has 1 aromatic heterocycles. The molecule has 0 aliphatic rings. The van der Waals surface area contributed by atoms with Crippen LogP contribution in [0.3, 0.4) is 0 Å². The number of aromatic amines is 1. The third-order valence-electron chi connectivity index (χ3n) is 2.40. The van der Waals surface area contributed by atoms with Crippen LogP contribution in [0.15, 0.2) is 29.1 Å². The number of carbonyl (C=O) groups is 1.